The summed E-state index contributed by atoms with van der Waals surface area (Å²) in [7, 11) is 0. The minimum absolute atomic E-state index is 0.0528. The number of carbonyl (C=O) groups excluding carboxylic acids is 1. The molecule has 102 valence electrons. The molecule has 1 amide bonds. The lowest BCUT2D eigenvalue weighted by Crippen LogP contribution is -2.34. The van der Waals surface area contributed by atoms with Crippen molar-refractivity contribution in [2.45, 2.75) is 25.8 Å². The van der Waals surface area contributed by atoms with Gasteiger partial charge in [0.25, 0.3) is 11.5 Å². The van der Waals surface area contributed by atoms with E-state index in [1.54, 1.807) is 4.57 Å². The molecule has 0 spiro atoms. The lowest BCUT2D eigenvalue weighted by Gasteiger charge is -2.27. The van der Waals surface area contributed by atoms with Gasteiger partial charge in [0.15, 0.2) is 0 Å². The molecule has 20 heavy (non-hydrogen) atoms. The second-order valence-corrected chi connectivity index (χ2v) is 4.97. The van der Waals surface area contributed by atoms with E-state index in [0.717, 1.165) is 12.0 Å². The fourth-order valence-corrected chi connectivity index (χ4v) is 2.77. The van der Waals surface area contributed by atoms with Crippen LogP contribution in [0.5, 0.6) is 0 Å². The van der Waals surface area contributed by atoms with E-state index < -0.39 is 5.91 Å². The highest BCUT2D eigenvalue weighted by atomic mass is 16.2. The summed E-state index contributed by atoms with van der Waals surface area (Å²) in [6.07, 6.45) is 2.20. The molecule has 2 N–H and O–H groups in total. The van der Waals surface area contributed by atoms with Crippen molar-refractivity contribution in [3.05, 3.63) is 51.9 Å². The van der Waals surface area contributed by atoms with Gasteiger partial charge in [-0.25, -0.2) is 4.98 Å². The number of carbonyl (C=O) groups is 1. The van der Waals surface area contributed by atoms with Crippen LogP contribution >= 0.6 is 0 Å². The van der Waals surface area contributed by atoms with Crippen molar-refractivity contribution in [1.82, 2.24) is 9.55 Å². The number of hydrogen-bond donors (Lipinski definition) is 1. The van der Waals surface area contributed by atoms with Crippen LogP contribution in [0.3, 0.4) is 0 Å². The average molecular weight is 269 g/mol. The number of amides is 1. The smallest absolute Gasteiger partial charge is 0.266 e. The third-order valence-corrected chi connectivity index (χ3v) is 3.85. The fraction of sp³-hybridized carbons (Fsp3) is 0.267. The molecule has 0 fully saturated rings. The second-order valence-electron chi connectivity index (χ2n) is 4.97. The minimum Gasteiger partial charge on any atom is -0.365 e. The van der Waals surface area contributed by atoms with Crippen LogP contribution in [0.1, 0.15) is 35.2 Å². The van der Waals surface area contributed by atoms with Gasteiger partial charge in [0.1, 0.15) is 11.4 Å². The van der Waals surface area contributed by atoms with E-state index in [9.17, 15) is 9.59 Å². The van der Waals surface area contributed by atoms with Crippen LogP contribution in [-0.2, 0) is 6.54 Å². The molecule has 1 unspecified atom stereocenters. The highest BCUT2D eigenvalue weighted by Crippen LogP contribution is 2.35. The van der Waals surface area contributed by atoms with Crippen LogP contribution in [0.4, 0.5) is 0 Å². The van der Waals surface area contributed by atoms with Crippen LogP contribution in [0.2, 0.25) is 0 Å². The predicted octanol–water partition coefficient (Wildman–Crippen LogP) is 1.52. The summed E-state index contributed by atoms with van der Waals surface area (Å²) in [5.41, 5.74) is 6.97. The first-order chi connectivity index (χ1) is 9.63. The third-order valence-electron chi connectivity index (χ3n) is 3.85. The van der Waals surface area contributed by atoms with Crippen molar-refractivity contribution in [3.63, 3.8) is 0 Å². The predicted molar refractivity (Wildman–Crippen MR) is 75.5 cm³/mol. The Morgan fingerprint density at radius 3 is 2.90 bits per heavy atom. The lowest BCUT2D eigenvalue weighted by molar-refractivity contribution is 0.0998. The SMILES string of the molecule is CCC1Cn2c(ncc(C(N)=O)c2=O)-c2ccccc21. The molecular formula is C15H15N3O2. The highest BCUT2D eigenvalue weighted by molar-refractivity contribution is 5.92. The maximum atomic E-state index is 12.3. The van der Waals surface area contributed by atoms with Gasteiger partial charge in [-0.3, -0.25) is 14.2 Å². The highest BCUT2D eigenvalue weighted by Gasteiger charge is 2.26. The first-order valence-corrected chi connectivity index (χ1v) is 6.62. The number of nitrogens with zero attached hydrogens (tertiary/aromatic N) is 2. The Hall–Kier alpha value is -2.43. The molecule has 1 aromatic heterocycles. The quantitative estimate of drug-likeness (QED) is 0.897. The van der Waals surface area contributed by atoms with E-state index in [1.165, 1.54) is 11.8 Å². The molecule has 2 aromatic rings. The molecule has 0 aliphatic carbocycles. The van der Waals surface area contributed by atoms with Crippen molar-refractivity contribution in [2.75, 3.05) is 0 Å². The van der Waals surface area contributed by atoms with Crippen molar-refractivity contribution in [2.24, 2.45) is 5.73 Å². The number of aromatic nitrogens is 2. The lowest BCUT2D eigenvalue weighted by atomic mass is 9.88. The number of benzene rings is 1. The first kappa shape index (κ1) is 12.6. The van der Waals surface area contributed by atoms with Crippen LogP contribution in [-0.4, -0.2) is 15.5 Å². The Morgan fingerprint density at radius 1 is 1.45 bits per heavy atom. The summed E-state index contributed by atoms with van der Waals surface area (Å²) in [6.45, 7) is 2.62. The Balaban J connectivity index is 2.29. The minimum atomic E-state index is -0.732. The van der Waals surface area contributed by atoms with Crippen molar-refractivity contribution >= 4 is 5.91 Å². The summed E-state index contributed by atoms with van der Waals surface area (Å²) in [5, 5.41) is 0. The van der Waals surface area contributed by atoms with Gasteiger partial charge in [0.05, 0.1) is 0 Å². The molecule has 5 nitrogen and oxygen atoms in total. The summed E-state index contributed by atoms with van der Waals surface area (Å²) in [6, 6.07) is 7.95. The monoisotopic (exact) mass is 269 g/mol. The van der Waals surface area contributed by atoms with E-state index in [1.807, 2.05) is 18.2 Å². The molecule has 1 atom stereocenters. The van der Waals surface area contributed by atoms with Crippen LogP contribution in [0.15, 0.2) is 35.3 Å². The van der Waals surface area contributed by atoms with Gasteiger partial charge in [-0.15, -0.1) is 0 Å². The zero-order valence-electron chi connectivity index (χ0n) is 11.2. The standard InChI is InChI=1S/C15H15N3O2/c1-2-9-8-18-14(11-6-4-3-5-10(9)11)17-7-12(13(16)19)15(18)20/h3-7,9H,2,8H2,1H3,(H2,16,19). The Morgan fingerprint density at radius 2 is 2.20 bits per heavy atom. The van der Waals surface area contributed by atoms with Crippen molar-refractivity contribution in [3.8, 4) is 11.4 Å². The summed E-state index contributed by atoms with van der Waals surface area (Å²) >= 11 is 0. The van der Waals surface area contributed by atoms with E-state index >= 15 is 0 Å². The fourth-order valence-electron chi connectivity index (χ4n) is 2.77. The van der Waals surface area contributed by atoms with E-state index in [-0.39, 0.29) is 17.0 Å². The molecule has 1 aliphatic heterocycles. The van der Waals surface area contributed by atoms with Crippen LogP contribution < -0.4 is 11.3 Å². The van der Waals surface area contributed by atoms with Gasteiger partial charge in [-0.1, -0.05) is 31.2 Å². The summed E-state index contributed by atoms with van der Waals surface area (Å²) < 4.78 is 1.57. The van der Waals surface area contributed by atoms with E-state index in [0.29, 0.717) is 12.4 Å². The zero-order valence-corrected chi connectivity index (χ0v) is 11.2. The van der Waals surface area contributed by atoms with Gasteiger partial charge < -0.3 is 5.73 Å². The maximum Gasteiger partial charge on any atom is 0.266 e. The molecule has 0 saturated carbocycles. The molecule has 0 radical (unpaired) electrons. The number of primary amides is 1. The number of hydrogen-bond acceptors (Lipinski definition) is 3. The average Bonchev–Trinajstić information content (AvgIpc) is 2.46. The van der Waals surface area contributed by atoms with E-state index in [4.69, 9.17) is 5.73 Å². The number of nitrogens with two attached hydrogens (primary N) is 1. The number of rotatable bonds is 2. The summed E-state index contributed by atoms with van der Waals surface area (Å²) in [5.74, 6) is 0.131. The largest absolute Gasteiger partial charge is 0.365 e. The van der Waals surface area contributed by atoms with Gasteiger partial charge in [-0.05, 0) is 12.0 Å². The zero-order chi connectivity index (χ0) is 14.3. The molecule has 3 rings (SSSR count). The van der Waals surface area contributed by atoms with E-state index in [2.05, 4.69) is 18.0 Å². The Labute approximate surface area is 116 Å². The Bertz CT molecular complexity index is 749. The molecule has 2 heterocycles. The van der Waals surface area contributed by atoms with Gasteiger partial charge in [-0.2, -0.15) is 0 Å². The summed E-state index contributed by atoms with van der Waals surface area (Å²) in [4.78, 5) is 27.9. The molecular weight excluding hydrogens is 254 g/mol. The van der Waals surface area contributed by atoms with Crippen LogP contribution in [0, 0.1) is 0 Å². The molecule has 5 heteroatoms. The first-order valence-electron chi connectivity index (χ1n) is 6.62. The van der Waals surface area contributed by atoms with Crippen LogP contribution in [0.25, 0.3) is 11.4 Å². The number of fused-ring (bicyclic) bond motifs is 3. The molecule has 1 aromatic carbocycles. The normalized spacial score (nSPS) is 16.4. The molecule has 1 aliphatic rings. The second kappa shape index (κ2) is 4.59. The Kier molecular flexibility index (Phi) is 2.89. The topological polar surface area (TPSA) is 78.0 Å². The molecule has 0 saturated heterocycles. The van der Waals surface area contributed by atoms with Crippen molar-refractivity contribution < 1.29 is 4.79 Å². The molecule has 0 bridgehead atoms. The van der Waals surface area contributed by atoms with Crippen molar-refractivity contribution in [1.29, 1.82) is 0 Å². The third kappa shape index (κ3) is 1.74. The van der Waals surface area contributed by atoms with Gasteiger partial charge >= 0.3 is 0 Å². The van der Waals surface area contributed by atoms with Gasteiger partial charge in [0, 0.05) is 24.2 Å². The maximum absolute atomic E-state index is 12.3. The van der Waals surface area contributed by atoms with Gasteiger partial charge in [0.2, 0.25) is 0 Å².